The fourth-order valence-corrected chi connectivity index (χ4v) is 1.93. The minimum atomic E-state index is -2.41. The summed E-state index contributed by atoms with van der Waals surface area (Å²) in [7, 11) is 0. The molecule has 0 spiro atoms. The molecule has 0 saturated carbocycles. The molecule has 0 aliphatic carbocycles. The highest BCUT2D eigenvalue weighted by Gasteiger charge is 2.48. The molecule has 1 aliphatic heterocycles. The molecule has 0 aromatic carbocycles. The molecule has 4 nitrogen and oxygen atoms in total. The average molecular weight is 180 g/mol. The summed E-state index contributed by atoms with van der Waals surface area (Å²) in [5.74, 6) is -1.83. The molecule has 1 fully saturated rings. The van der Waals surface area contributed by atoms with Crippen LogP contribution in [0.3, 0.4) is 0 Å². The van der Waals surface area contributed by atoms with Crippen LogP contribution in [0.2, 0.25) is 0 Å². The minimum absolute atomic E-state index is 0.00694. The summed E-state index contributed by atoms with van der Waals surface area (Å²) < 4.78 is 0. The van der Waals surface area contributed by atoms with E-state index in [-0.39, 0.29) is 6.42 Å². The predicted octanol–water partition coefficient (Wildman–Crippen LogP) is -0.777. The fourth-order valence-electron chi connectivity index (χ4n) is 0.966. The molecule has 0 unspecified atom stereocenters. The molecule has 0 aromatic rings. The smallest absolute Gasteiger partial charge is 0.269 e. The van der Waals surface area contributed by atoms with Gasteiger partial charge in [0, 0.05) is 6.42 Å². The molecule has 1 rings (SSSR count). The van der Waals surface area contributed by atoms with Gasteiger partial charge in [-0.3, -0.25) is 0 Å². The first kappa shape index (κ1) is 9.28. The Morgan fingerprint density at radius 1 is 1.00 bits per heavy atom. The molecule has 0 radical (unpaired) electrons. The van der Waals surface area contributed by atoms with Crippen molar-refractivity contribution in [2.24, 2.45) is 0 Å². The molecule has 0 bridgehead atoms. The Morgan fingerprint density at radius 2 is 1.64 bits per heavy atom. The molecular weight excluding hydrogens is 168 g/mol. The molecule has 0 aromatic heterocycles. The topological polar surface area (TPSA) is 80.9 Å². The second-order valence-corrected chi connectivity index (χ2v) is 4.00. The van der Waals surface area contributed by atoms with Crippen molar-refractivity contribution in [3.8, 4) is 0 Å². The molecule has 1 saturated heterocycles. The third kappa shape index (κ3) is 1.86. The van der Waals surface area contributed by atoms with Crippen molar-refractivity contribution in [1.29, 1.82) is 0 Å². The Morgan fingerprint density at radius 3 is 2.27 bits per heavy atom. The summed E-state index contributed by atoms with van der Waals surface area (Å²) >= 11 is 0.759. The van der Waals surface area contributed by atoms with Crippen molar-refractivity contribution in [2.75, 3.05) is 5.75 Å². The third-order valence-corrected chi connectivity index (χ3v) is 2.97. The van der Waals surface area contributed by atoms with Crippen LogP contribution < -0.4 is 0 Å². The van der Waals surface area contributed by atoms with E-state index in [2.05, 4.69) is 0 Å². The summed E-state index contributed by atoms with van der Waals surface area (Å²) in [5, 5.41) is 34.0. The third-order valence-electron chi connectivity index (χ3n) is 1.74. The molecular formula is C6H12O4S. The van der Waals surface area contributed by atoms with Gasteiger partial charge in [-0.25, -0.2) is 0 Å². The zero-order chi connectivity index (χ0) is 8.54. The van der Waals surface area contributed by atoms with Crippen molar-refractivity contribution < 1.29 is 20.4 Å². The number of hydrogen-bond acceptors (Lipinski definition) is 5. The number of aliphatic hydroxyl groups is 4. The van der Waals surface area contributed by atoms with Crippen molar-refractivity contribution in [2.45, 2.75) is 30.2 Å². The highest BCUT2D eigenvalue weighted by Crippen LogP contribution is 2.36. The van der Waals surface area contributed by atoms with Crippen LogP contribution in [0, 0.1) is 0 Å². The van der Waals surface area contributed by atoms with Crippen molar-refractivity contribution in [3.05, 3.63) is 0 Å². The summed E-state index contributed by atoms with van der Waals surface area (Å²) in [6, 6.07) is 0. The highest BCUT2D eigenvalue weighted by atomic mass is 32.2. The van der Waals surface area contributed by atoms with Crippen LogP contribution in [-0.2, 0) is 0 Å². The Bertz CT molecular complexity index is 130. The van der Waals surface area contributed by atoms with Gasteiger partial charge >= 0.3 is 0 Å². The van der Waals surface area contributed by atoms with Crippen molar-refractivity contribution in [1.82, 2.24) is 0 Å². The summed E-state index contributed by atoms with van der Waals surface area (Å²) in [6.07, 6.45) is 1.38. The maximum atomic E-state index is 9.12. The first-order valence-corrected chi connectivity index (χ1v) is 4.48. The summed E-state index contributed by atoms with van der Waals surface area (Å²) in [5.41, 5.74) is 0. The minimum Gasteiger partial charge on any atom is -0.361 e. The zero-order valence-corrected chi connectivity index (χ0v) is 6.84. The first-order chi connectivity index (χ1) is 4.96. The van der Waals surface area contributed by atoms with Gasteiger partial charge in [-0.05, 0) is 18.6 Å². The molecule has 4 N–H and O–H groups in total. The molecule has 11 heavy (non-hydrogen) atoms. The van der Waals surface area contributed by atoms with Gasteiger partial charge < -0.3 is 20.4 Å². The van der Waals surface area contributed by atoms with Gasteiger partial charge in [0.1, 0.15) is 0 Å². The van der Waals surface area contributed by atoms with Crippen LogP contribution in [0.1, 0.15) is 19.3 Å². The predicted molar refractivity (Wildman–Crippen MR) is 40.6 cm³/mol. The number of rotatable bonds is 0. The molecule has 5 heteroatoms. The maximum absolute atomic E-state index is 9.12. The Balaban J connectivity index is 2.72. The van der Waals surface area contributed by atoms with Gasteiger partial charge in [-0.15, -0.1) is 0 Å². The lowest BCUT2D eigenvalue weighted by atomic mass is 10.1. The van der Waals surface area contributed by atoms with E-state index in [1.165, 1.54) is 0 Å². The Hall–Kier alpha value is 0.190. The van der Waals surface area contributed by atoms with Crippen LogP contribution in [0.25, 0.3) is 0 Å². The van der Waals surface area contributed by atoms with E-state index in [4.69, 9.17) is 20.4 Å². The van der Waals surface area contributed by atoms with E-state index < -0.39 is 10.9 Å². The van der Waals surface area contributed by atoms with E-state index in [1.807, 2.05) is 0 Å². The van der Waals surface area contributed by atoms with Gasteiger partial charge in [-0.1, -0.05) is 11.8 Å². The molecule has 1 aliphatic rings. The van der Waals surface area contributed by atoms with Gasteiger partial charge in [0.25, 0.3) is 5.12 Å². The second kappa shape index (κ2) is 2.91. The first-order valence-electron chi connectivity index (χ1n) is 3.49. The van der Waals surface area contributed by atoms with Crippen LogP contribution >= 0.6 is 11.8 Å². The van der Waals surface area contributed by atoms with Crippen LogP contribution in [0.5, 0.6) is 0 Å². The van der Waals surface area contributed by atoms with E-state index in [0.717, 1.165) is 18.2 Å². The van der Waals surface area contributed by atoms with Gasteiger partial charge in [0.2, 0.25) is 5.79 Å². The number of hydrogen-bond donors (Lipinski definition) is 4. The zero-order valence-electron chi connectivity index (χ0n) is 6.03. The monoisotopic (exact) mass is 180 g/mol. The average Bonchev–Trinajstić information content (AvgIpc) is 1.94. The quantitative estimate of drug-likeness (QED) is 0.368. The van der Waals surface area contributed by atoms with Crippen LogP contribution in [-0.4, -0.2) is 37.1 Å². The summed E-state index contributed by atoms with van der Waals surface area (Å²) in [4.78, 5) is 0. The summed E-state index contributed by atoms with van der Waals surface area (Å²) in [6.45, 7) is 0. The highest BCUT2D eigenvalue weighted by molar-refractivity contribution is 8.00. The normalized spacial score (nSPS) is 29.5. The molecule has 0 amide bonds. The maximum Gasteiger partial charge on any atom is 0.269 e. The van der Waals surface area contributed by atoms with Gasteiger partial charge in [0.15, 0.2) is 0 Å². The SMILES string of the molecule is OC1(O)CCCCSC1(O)O. The fraction of sp³-hybridized carbons (Fsp3) is 1.00. The van der Waals surface area contributed by atoms with E-state index in [0.29, 0.717) is 12.2 Å². The van der Waals surface area contributed by atoms with E-state index in [9.17, 15) is 0 Å². The molecule has 66 valence electrons. The molecule has 0 atom stereocenters. The van der Waals surface area contributed by atoms with Crippen LogP contribution in [0.15, 0.2) is 0 Å². The van der Waals surface area contributed by atoms with Gasteiger partial charge in [0.05, 0.1) is 0 Å². The van der Waals surface area contributed by atoms with Crippen molar-refractivity contribution in [3.63, 3.8) is 0 Å². The number of thioether (sulfide) groups is 1. The molecule has 1 heterocycles. The lowest BCUT2D eigenvalue weighted by Crippen LogP contribution is -2.51. The second-order valence-electron chi connectivity index (χ2n) is 2.73. The van der Waals surface area contributed by atoms with Crippen LogP contribution in [0.4, 0.5) is 0 Å². The Labute approximate surface area is 68.9 Å². The van der Waals surface area contributed by atoms with Gasteiger partial charge in [-0.2, -0.15) is 0 Å². The van der Waals surface area contributed by atoms with Crippen molar-refractivity contribution >= 4 is 11.8 Å². The standard InChI is InChI=1S/C6H12O4S/c7-5(8)3-1-2-4-11-6(5,9)10/h7-10H,1-4H2. The van der Waals surface area contributed by atoms with E-state index in [1.54, 1.807) is 0 Å². The van der Waals surface area contributed by atoms with E-state index >= 15 is 0 Å². The lowest BCUT2D eigenvalue weighted by molar-refractivity contribution is -0.311. The Kier molecular flexibility index (Phi) is 2.46. The lowest BCUT2D eigenvalue weighted by Gasteiger charge is -2.32. The largest absolute Gasteiger partial charge is 0.361 e.